The number of likely N-dealkylation sites (tertiary alicyclic amines) is 1. The number of amides is 1. The molecule has 3 fully saturated rings. The van der Waals surface area contributed by atoms with Crippen molar-refractivity contribution in [3.8, 4) is 6.07 Å². The molecule has 0 bridgehead atoms. The summed E-state index contributed by atoms with van der Waals surface area (Å²) in [6, 6.07) is 3.33. The summed E-state index contributed by atoms with van der Waals surface area (Å²) in [6.45, 7) is 4.74. The smallest absolute Gasteiger partial charge is 0.224 e. The lowest BCUT2D eigenvalue weighted by atomic mass is 9.90. The molecule has 3 atom stereocenters. The lowest BCUT2D eigenvalue weighted by Gasteiger charge is -2.37. The van der Waals surface area contributed by atoms with E-state index in [9.17, 15) is 10.1 Å². The molecule has 0 aromatic rings. The van der Waals surface area contributed by atoms with Crippen LogP contribution in [0.5, 0.6) is 0 Å². The summed E-state index contributed by atoms with van der Waals surface area (Å²) in [7, 11) is 0. The number of nitrogens with one attached hydrogen (secondary N) is 2. The van der Waals surface area contributed by atoms with E-state index < -0.39 is 5.54 Å². The third kappa shape index (κ3) is 2.82. The summed E-state index contributed by atoms with van der Waals surface area (Å²) < 4.78 is 0. The van der Waals surface area contributed by atoms with Crippen LogP contribution < -0.4 is 10.6 Å². The summed E-state index contributed by atoms with van der Waals surface area (Å²) in [6.07, 6.45) is 5.34. The third-order valence-corrected chi connectivity index (χ3v) is 4.96. The molecule has 3 rings (SSSR count). The minimum Gasteiger partial charge on any atom is -0.354 e. The zero-order valence-corrected chi connectivity index (χ0v) is 12.2. The fourth-order valence-corrected chi connectivity index (χ4v) is 3.52. The Bertz CT molecular complexity index is 428. The highest BCUT2D eigenvalue weighted by atomic mass is 16.2. The van der Waals surface area contributed by atoms with Gasteiger partial charge in [0.15, 0.2) is 0 Å². The molecular formula is C15H24N4O. The Morgan fingerprint density at radius 1 is 1.50 bits per heavy atom. The lowest BCUT2D eigenvalue weighted by molar-refractivity contribution is -0.124. The largest absolute Gasteiger partial charge is 0.354 e. The first-order valence-corrected chi connectivity index (χ1v) is 7.82. The Hall–Kier alpha value is -1.12. The summed E-state index contributed by atoms with van der Waals surface area (Å²) >= 11 is 0. The first-order valence-electron chi connectivity index (χ1n) is 7.82. The van der Waals surface area contributed by atoms with Gasteiger partial charge in [-0.25, -0.2) is 0 Å². The number of carbonyl (C=O) groups excluding carboxylic acids is 1. The molecule has 110 valence electrons. The Morgan fingerprint density at radius 3 is 3.00 bits per heavy atom. The molecule has 3 aliphatic rings. The van der Waals surface area contributed by atoms with Gasteiger partial charge in [-0.2, -0.15) is 5.26 Å². The maximum absolute atomic E-state index is 11.8. The maximum Gasteiger partial charge on any atom is 0.224 e. The van der Waals surface area contributed by atoms with E-state index in [1.807, 2.05) is 6.92 Å². The predicted molar refractivity (Wildman–Crippen MR) is 75.9 cm³/mol. The predicted octanol–water partition coefficient (Wildman–Crippen LogP) is 0.621. The molecule has 5 nitrogen and oxygen atoms in total. The van der Waals surface area contributed by atoms with E-state index in [2.05, 4.69) is 21.6 Å². The monoisotopic (exact) mass is 276 g/mol. The normalized spacial score (nSPS) is 33.1. The van der Waals surface area contributed by atoms with Gasteiger partial charge in [-0.1, -0.05) is 0 Å². The number of nitriles is 1. The molecule has 2 heterocycles. The number of hydrogen-bond acceptors (Lipinski definition) is 4. The fraction of sp³-hybridized carbons (Fsp3) is 0.867. The van der Waals surface area contributed by atoms with E-state index in [0.29, 0.717) is 12.1 Å². The molecule has 3 unspecified atom stereocenters. The van der Waals surface area contributed by atoms with Gasteiger partial charge in [0.25, 0.3) is 0 Å². The van der Waals surface area contributed by atoms with Gasteiger partial charge < -0.3 is 5.32 Å². The van der Waals surface area contributed by atoms with Crippen molar-refractivity contribution in [3.05, 3.63) is 0 Å². The quantitative estimate of drug-likeness (QED) is 0.772. The number of hydrogen-bond donors (Lipinski definition) is 2. The van der Waals surface area contributed by atoms with Crippen molar-refractivity contribution in [2.75, 3.05) is 19.6 Å². The summed E-state index contributed by atoms with van der Waals surface area (Å²) in [5.41, 5.74) is -0.426. The van der Waals surface area contributed by atoms with E-state index >= 15 is 0 Å². The van der Waals surface area contributed by atoms with Gasteiger partial charge in [-0.3, -0.25) is 15.0 Å². The lowest BCUT2D eigenvalue weighted by Crippen LogP contribution is -2.50. The van der Waals surface area contributed by atoms with Crippen LogP contribution in [0.3, 0.4) is 0 Å². The van der Waals surface area contributed by atoms with Crippen molar-refractivity contribution in [1.82, 2.24) is 15.5 Å². The average Bonchev–Trinajstić information content (AvgIpc) is 3.18. The van der Waals surface area contributed by atoms with Crippen LogP contribution in [-0.2, 0) is 4.79 Å². The van der Waals surface area contributed by atoms with Crippen molar-refractivity contribution in [3.63, 3.8) is 0 Å². The second kappa shape index (κ2) is 5.34. The Morgan fingerprint density at radius 2 is 2.30 bits per heavy atom. The number of piperidine rings is 1. The minimum atomic E-state index is -0.426. The van der Waals surface area contributed by atoms with Crippen LogP contribution in [0, 0.1) is 17.2 Å². The van der Waals surface area contributed by atoms with Crippen molar-refractivity contribution in [2.24, 2.45) is 5.92 Å². The highest BCUT2D eigenvalue weighted by Crippen LogP contribution is 2.29. The zero-order chi connectivity index (χ0) is 14.2. The SMILES string of the molecule is CC(C#N)(CCN1CCCC2C(=O)NCC21)NC1CC1. The molecule has 0 spiro atoms. The Balaban J connectivity index is 1.56. The molecule has 1 aliphatic carbocycles. The van der Waals surface area contributed by atoms with E-state index in [1.165, 1.54) is 12.8 Å². The first-order chi connectivity index (χ1) is 9.61. The average molecular weight is 276 g/mol. The van der Waals surface area contributed by atoms with Gasteiger partial charge in [-0.05, 0) is 45.6 Å². The van der Waals surface area contributed by atoms with Gasteiger partial charge >= 0.3 is 0 Å². The van der Waals surface area contributed by atoms with Gasteiger partial charge in [0.2, 0.25) is 5.91 Å². The summed E-state index contributed by atoms with van der Waals surface area (Å²) in [5.74, 6) is 0.396. The molecule has 0 aromatic carbocycles. The second-order valence-corrected chi connectivity index (χ2v) is 6.71. The van der Waals surface area contributed by atoms with Crippen molar-refractivity contribution >= 4 is 5.91 Å². The van der Waals surface area contributed by atoms with Crippen LogP contribution >= 0.6 is 0 Å². The van der Waals surface area contributed by atoms with Crippen LogP contribution in [0.15, 0.2) is 0 Å². The topological polar surface area (TPSA) is 68.2 Å². The summed E-state index contributed by atoms with van der Waals surface area (Å²) in [4.78, 5) is 14.2. The molecule has 5 heteroatoms. The van der Waals surface area contributed by atoms with Crippen LogP contribution in [0.2, 0.25) is 0 Å². The molecule has 2 saturated heterocycles. The number of carbonyl (C=O) groups is 1. The van der Waals surface area contributed by atoms with Crippen molar-refractivity contribution in [2.45, 2.75) is 56.7 Å². The molecule has 1 amide bonds. The van der Waals surface area contributed by atoms with E-state index in [0.717, 1.165) is 38.9 Å². The Kier molecular flexibility index (Phi) is 3.70. The molecule has 2 N–H and O–H groups in total. The molecule has 20 heavy (non-hydrogen) atoms. The zero-order valence-electron chi connectivity index (χ0n) is 12.2. The standard InChI is InChI=1S/C15H24N4O/c1-15(10-16,18-11-4-5-11)6-8-19-7-2-3-12-13(19)9-17-14(12)20/h11-13,18H,2-9H2,1H3,(H,17,20). The highest BCUT2D eigenvalue weighted by molar-refractivity contribution is 5.82. The van der Waals surface area contributed by atoms with Crippen LogP contribution in [-0.4, -0.2) is 48.1 Å². The molecular weight excluding hydrogens is 252 g/mol. The van der Waals surface area contributed by atoms with Gasteiger partial charge in [0.1, 0.15) is 5.54 Å². The Labute approximate surface area is 120 Å². The van der Waals surface area contributed by atoms with E-state index in [4.69, 9.17) is 0 Å². The molecule has 0 radical (unpaired) electrons. The number of nitrogens with zero attached hydrogens (tertiary/aromatic N) is 2. The van der Waals surface area contributed by atoms with Crippen LogP contribution in [0.4, 0.5) is 0 Å². The molecule has 0 aromatic heterocycles. The first kappa shape index (κ1) is 13.8. The van der Waals surface area contributed by atoms with Gasteiger partial charge in [0.05, 0.1) is 12.0 Å². The van der Waals surface area contributed by atoms with Crippen LogP contribution in [0.25, 0.3) is 0 Å². The highest BCUT2D eigenvalue weighted by Gasteiger charge is 2.41. The third-order valence-electron chi connectivity index (χ3n) is 4.96. The van der Waals surface area contributed by atoms with E-state index in [-0.39, 0.29) is 11.8 Å². The summed E-state index contributed by atoms with van der Waals surface area (Å²) in [5, 5.41) is 15.9. The van der Waals surface area contributed by atoms with E-state index in [1.54, 1.807) is 0 Å². The van der Waals surface area contributed by atoms with Crippen molar-refractivity contribution in [1.29, 1.82) is 5.26 Å². The van der Waals surface area contributed by atoms with Crippen molar-refractivity contribution < 1.29 is 4.79 Å². The number of rotatable bonds is 5. The number of fused-ring (bicyclic) bond motifs is 1. The fourth-order valence-electron chi connectivity index (χ4n) is 3.52. The van der Waals surface area contributed by atoms with Crippen LogP contribution in [0.1, 0.15) is 39.0 Å². The molecule has 2 aliphatic heterocycles. The van der Waals surface area contributed by atoms with Gasteiger partial charge in [-0.15, -0.1) is 0 Å². The second-order valence-electron chi connectivity index (χ2n) is 6.71. The van der Waals surface area contributed by atoms with Gasteiger partial charge in [0, 0.05) is 25.2 Å². The molecule has 1 saturated carbocycles. The maximum atomic E-state index is 11.8. The minimum absolute atomic E-state index is 0.175.